The molecule has 1 atom stereocenters. The highest BCUT2D eigenvalue weighted by Crippen LogP contribution is 2.21. The van der Waals surface area contributed by atoms with Crippen LogP contribution in [-0.2, 0) is 21.2 Å². The molecule has 0 saturated carbocycles. The predicted octanol–water partition coefficient (Wildman–Crippen LogP) is 2.27. The van der Waals surface area contributed by atoms with E-state index >= 15 is 0 Å². The molecule has 8 heteroatoms. The molecular formula is C19H28N4O3S. The van der Waals surface area contributed by atoms with E-state index in [4.69, 9.17) is 0 Å². The van der Waals surface area contributed by atoms with E-state index in [1.807, 2.05) is 19.9 Å². The molecule has 1 heterocycles. The number of aryl methyl sites for hydroxylation is 2. The van der Waals surface area contributed by atoms with Crippen molar-refractivity contribution in [1.82, 2.24) is 15.1 Å². The summed E-state index contributed by atoms with van der Waals surface area (Å²) in [5, 5.41) is 7.14. The van der Waals surface area contributed by atoms with Crippen molar-refractivity contribution in [3.05, 3.63) is 47.3 Å². The van der Waals surface area contributed by atoms with Gasteiger partial charge in [0.05, 0.1) is 17.6 Å². The summed E-state index contributed by atoms with van der Waals surface area (Å²) in [6.45, 7) is 6.10. The smallest absolute Gasteiger partial charge is 0.245 e. The van der Waals surface area contributed by atoms with Crippen LogP contribution in [0.3, 0.4) is 0 Å². The molecule has 0 saturated heterocycles. The highest BCUT2D eigenvalue weighted by molar-refractivity contribution is 7.92. The summed E-state index contributed by atoms with van der Waals surface area (Å²) in [6, 6.07) is 7.88. The number of nitrogens with one attached hydrogen (secondary N) is 1. The summed E-state index contributed by atoms with van der Waals surface area (Å²) in [5.74, 6) is -0.232. The van der Waals surface area contributed by atoms with Crippen LogP contribution in [0.25, 0.3) is 0 Å². The summed E-state index contributed by atoms with van der Waals surface area (Å²) < 4.78 is 25.8. The van der Waals surface area contributed by atoms with Crippen molar-refractivity contribution >= 4 is 21.6 Å². The number of carbonyl (C=O) groups is 1. The standard InChI is InChI=1S/C19H28N4O3S/c1-14-18(15(2)21-20-14)12-9-13-22(4)19(24)16(3)23(27(5,25)26)17-10-7-6-8-11-17/h6-8,10-11,16H,9,12-13H2,1-5H3,(H,20,21). The Labute approximate surface area is 161 Å². The molecule has 1 amide bonds. The van der Waals surface area contributed by atoms with E-state index in [1.165, 1.54) is 9.87 Å². The molecule has 0 bridgehead atoms. The number of hydrogen-bond donors (Lipinski definition) is 1. The number of amides is 1. The number of hydrogen-bond acceptors (Lipinski definition) is 4. The number of likely N-dealkylation sites (N-methyl/N-ethyl adjacent to an activating group) is 1. The van der Waals surface area contributed by atoms with Crippen LogP contribution in [0.15, 0.2) is 30.3 Å². The van der Waals surface area contributed by atoms with Crippen LogP contribution >= 0.6 is 0 Å². The number of rotatable bonds is 8. The van der Waals surface area contributed by atoms with E-state index in [2.05, 4.69) is 10.2 Å². The molecule has 2 aromatic rings. The molecular weight excluding hydrogens is 364 g/mol. The van der Waals surface area contributed by atoms with Crippen LogP contribution in [0.4, 0.5) is 5.69 Å². The Balaban J connectivity index is 2.05. The van der Waals surface area contributed by atoms with Gasteiger partial charge in [0.25, 0.3) is 0 Å². The third-order valence-corrected chi connectivity index (χ3v) is 5.90. The lowest BCUT2D eigenvalue weighted by Crippen LogP contribution is -2.48. The van der Waals surface area contributed by atoms with Crippen molar-refractivity contribution in [1.29, 1.82) is 0 Å². The van der Waals surface area contributed by atoms with Crippen molar-refractivity contribution in [3.8, 4) is 0 Å². The molecule has 27 heavy (non-hydrogen) atoms. The maximum atomic E-state index is 12.8. The second-order valence-corrected chi connectivity index (χ2v) is 8.71. The minimum Gasteiger partial charge on any atom is -0.344 e. The number of nitrogens with zero attached hydrogens (tertiary/aromatic N) is 3. The third-order valence-electron chi connectivity index (χ3n) is 4.65. The number of aromatic amines is 1. The second kappa shape index (κ2) is 8.56. The quantitative estimate of drug-likeness (QED) is 0.747. The van der Waals surface area contributed by atoms with Gasteiger partial charge in [0.2, 0.25) is 15.9 Å². The lowest BCUT2D eigenvalue weighted by molar-refractivity contribution is -0.130. The first-order chi connectivity index (χ1) is 12.6. The molecule has 0 aliphatic carbocycles. The Bertz CT molecular complexity index is 858. The van der Waals surface area contributed by atoms with E-state index in [0.29, 0.717) is 12.2 Å². The summed E-state index contributed by atoms with van der Waals surface area (Å²) in [7, 11) is -1.88. The molecule has 2 rings (SSSR count). The van der Waals surface area contributed by atoms with Crippen LogP contribution in [0.1, 0.15) is 30.3 Å². The van der Waals surface area contributed by atoms with Crippen molar-refractivity contribution in [2.45, 2.75) is 39.7 Å². The molecule has 0 aliphatic rings. The average Bonchev–Trinajstić information content (AvgIpc) is 2.92. The van der Waals surface area contributed by atoms with E-state index in [0.717, 1.165) is 30.5 Å². The summed E-state index contributed by atoms with van der Waals surface area (Å²) in [5.41, 5.74) is 3.68. The average molecular weight is 393 g/mol. The van der Waals surface area contributed by atoms with Crippen LogP contribution in [0.5, 0.6) is 0 Å². The molecule has 0 spiro atoms. The van der Waals surface area contributed by atoms with Gasteiger partial charge >= 0.3 is 0 Å². The monoisotopic (exact) mass is 392 g/mol. The summed E-state index contributed by atoms with van der Waals surface area (Å²) >= 11 is 0. The minimum absolute atomic E-state index is 0.232. The van der Waals surface area contributed by atoms with Gasteiger partial charge in [-0.25, -0.2) is 8.42 Å². The van der Waals surface area contributed by atoms with E-state index in [9.17, 15) is 13.2 Å². The summed E-state index contributed by atoms with van der Waals surface area (Å²) in [4.78, 5) is 14.4. The van der Waals surface area contributed by atoms with E-state index in [-0.39, 0.29) is 5.91 Å². The number of carbonyl (C=O) groups excluding carboxylic acids is 1. The molecule has 148 valence electrons. The van der Waals surface area contributed by atoms with Gasteiger partial charge in [0, 0.05) is 19.3 Å². The van der Waals surface area contributed by atoms with Crippen molar-refractivity contribution < 1.29 is 13.2 Å². The topological polar surface area (TPSA) is 86.4 Å². The number of H-pyrrole nitrogens is 1. The van der Waals surface area contributed by atoms with Crippen molar-refractivity contribution in [2.75, 3.05) is 24.2 Å². The predicted molar refractivity (Wildman–Crippen MR) is 107 cm³/mol. The Hall–Kier alpha value is -2.35. The van der Waals surface area contributed by atoms with Gasteiger partial charge in [-0.3, -0.25) is 14.2 Å². The molecule has 0 radical (unpaired) electrons. The first-order valence-corrected chi connectivity index (χ1v) is 10.8. The van der Waals surface area contributed by atoms with Crippen LogP contribution in [0.2, 0.25) is 0 Å². The van der Waals surface area contributed by atoms with Gasteiger partial charge in [-0.05, 0) is 51.3 Å². The fourth-order valence-electron chi connectivity index (χ4n) is 3.24. The molecule has 1 aromatic carbocycles. The van der Waals surface area contributed by atoms with Gasteiger partial charge < -0.3 is 4.90 Å². The van der Waals surface area contributed by atoms with Crippen LogP contribution < -0.4 is 4.31 Å². The highest BCUT2D eigenvalue weighted by atomic mass is 32.2. The molecule has 1 unspecified atom stereocenters. The Morgan fingerprint density at radius 3 is 2.37 bits per heavy atom. The Morgan fingerprint density at radius 1 is 1.22 bits per heavy atom. The molecule has 7 nitrogen and oxygen atoms in total. The SMILES string of the molecule is Cc1n[nH]c(C)c1CCCN(C)C(=O)C(C)N(c1ccccc1)S(C)(=O)=O. The minimum atomic E-state index is -3.59. The summed E-state index contributed by atoms with van der Waals surface area (Å²) in [6.07, 6.45) is 2.71. The third kappa shape index (κ3) is 5.09. The van der Waals surface area contributed by atoms with Gasteiger partial charge in [0.1, 0.15) is 6.04 Å². The lowest BCUT2D eigenvalue weighted by atomic mass is 10.1. The number of sulfonamides is 1. The Kier molecular flexibility index (Phi) is 6.64. The second-order valence-electron chi connectivity index (χ2n) is 6.85. The van der Waals surface area contributed by atoms with Crippen LogP contribution in [0, 0.1) is 13.8 Å². The Morgan fingerprint density at radius 2 is 1.85 bits per heavy atom. The molecule has 0 fully saturated rings. The number of anilines is 1. The zero-order valence-corrected chi connectivity index (χ0v) is 17.4. The fourth-order valence-corrected chi connectivity index (χ4v) is 4.41. The number of benzene rings is 1. The van der Waals surface area contributed by atoms with Crippen molar-refractivity contribution in [3.63, 3.8) is 0 Å². The van der Waals surface area contributed by atoms with Gasteiger partial charge in [-0.15, -0.1) is 0 Å². The van der Waals surface area contributed by atoms with Crippen LogP contribution in [-0.4, -0.2) is 55.3 Å². The number of aromatic nitrogens is 2. The molecule has 0 aliphatic heterocycles. The lowest BCUT2D eigenvalue weighted by Gasteiger charge is -2.31. The fraction of sp³-hybridized carbons (Fsp3) is 0.474. The number of para-hydroxylation sites is 1. The normalized spacial score (nSPS) is 12.6. The maximum absolute atomic E-state index is 12.8. The van der Waals surface area contributed by atoms with E-state index < -0.39 is 16.1 Å². The van der Waals surface area contributed by atoms with Crippen molar-refractivity contribution in [2.24, 2.45) is 0 Å². The first-order valence-electron chi connectivity index (χ1n) is 8.92. The van der Waals surface area contributed by atoms with Gasteiger partial charge in [-0.2, -0.15) is 5.10 Å². The largest absolute Gasteiger partial charge is 0.344 e. The zero-order valence-electron chi connectivity index (χ0n) is 16.6. The molecule has 1 aromatic heterocycles. The van der Waals surface area contributed by atoms with Gasteiger partial charge in [0.15, 0.2) is 0 Å². The van der Waals surface area contributed by atoms with Gasteiger partial charge in [-0.1, -0.05) is 18.2 Å². The zero-order chi connectivity index (χ0) is 20.2. The molecule has 1 N–H and O–H groups in total. The van der Waals surface area contributed by atoms with E-state index in [1.54, 1.807) is 43.1 Å². The maximum Gasteiger partial charge on any atom is 0.245 e. The highest BCUT2D eigenvalue weighted by Gasteiger charge is 2.30. The first kappa shape index (κ1) is 21.0.